The van der Waals surface area contributed by atoms with E-state index in [9.17, 15) is 10.2 Å². The van der Waals surface area contributed by atoms with Gasteiger partial charge in [-0.25, -0.2) is 0 Å². The van der Waals surface area contributed by atoms with Gasteiger partial charge >= 0.3 is 0 Å². The van der Waals surface area contributed by atoms with Crippen molar-refractivity contribution in [1.29, 1.82) is 0 Å². The van der Waals surface area contributed by atoms with Gasteiger partial charge in [0.25, 0.3) is 0 Å². The van der Waals surface area contributed by atoms with Crippen LogP contribution in [0, 0.1) is 0 Å². The zero-order chi connectivity index (χ0) is 7.72. The van der Waals surface area contributed by atoms with Gasteiger partial charge in [0.2, 0.25) is 0 Å². The van der Waals surface area contributed by atoms with Gasteiger partial charge in [-0.3, -0.25) is 0 Å². The summed E-state index contributed by atoms with van der Waals surface area (Å²) >= 11 is 2.88. The molecule has 0 saturated carbocycles. The van der Waals surface area contributed by atoms with Crippen molar-refractivity contribution in [1.82, 2.24) is 0 Å². The third-order valence-corrected chi connectivity index (χ3v) is 4.60. The molecule has 10 heavy (non-hydrogen) atoms. The third-order valence-electron chi connectivity index (χ3n) is 1.51. The molecule has 1 heterocycles. The van der Waals surface area contributed by atoms with Gasteiger partial charge in [0.1, 0.15) is 10.9 Å². The van der Waals surface area contributed by atoms with Crippen LogP contribution in [0.1, 0.15) is 13.8 Å². The molecule has 0 aromatic heterocycles. The SMILES string of the molecule is CC1SC(O)C(C)SC1O. The molecule has 0 radical (unpaired) electrons. The van der Waals surface area contributed by atoms with Gasteiger partial charge in [-0.1, -0.05) is 0 Å². The summed E-state index contributed by atoms with van der Waals surface area (Å²) in [6, 6.07) is 0. The summed E-state index contributed by atoms with van der Waals surface area (Å²) < 4.78 is 0. The predicted molar refractivity (Wildman–Crippen MR) is 46.1 cm³/mol. The first kappa shape index (κ1) is 8.71. The number of aliphatic hydroxyl groups excluding tert-OH is 2. The van der Waals surface area contributed by atoms with Crippen molar-refractivity contribution < 1.29 is 10.2 Å². The van der Waals surface area contributed by atoms with E-state index in [0.717, 1.165) is 0 Å². The normalized spacial score (nSPS) is 49.2. The molecule has 4 unspecified atom stereocenters. The number of hydrogen-bond acceptors (Lipinski definition) is 4. The van der Waals surface area contributed by atoms with Crippen LogP contribution in [0.4, 0.5) is 0 Å². The highest BCUT2D eigenvalue weighted by Gasteiger charge is 2.31. The van der Waals surface area contributed by atoms with Crippen LogP contribution in [0.3, 0.4) is 0 Å². The topological polar surface area (TPSA) is 40.5 Å². The first-order valence-corrected chi connectivity index (χ1v) is 5.17. The molecule has 4 heteroatoms. The second kappa shape index (κ2) is 3.34. The molecular formula is C6H12O2S2. The minimum Gasteiger partial charge on any atom is -0.381 e. The Bertz CT molecular complexity index is 94.3. The maximum Gasteiger partial charge on any atom is 0.111 e. The largest absolute Gasteiger partial charge is 0.381 e. The lowest BCUT2D eigenvalue weighted by Gasteiger charge is -2.31. The van der Waals surface area contributed by atoms with E-state index in [4.69, 9.17) is 0 Å². The van der Waals surface area contributed by atoms with E-state index in [1.54, 1.807) is 0 Å². The van der Waals surface area contributed by atoms with Gasteiger partial charge in [0.15, 0.2) is 0 Å². The fraction of sp³-hybridized carbons (Fsp3) is 1.00. The van der Waals surface area contributed by atoms with Gasteiger partial charge in [0.05, 0.1) is 0 Å². The highest BCUT2D eigenvalue weighted by molar-refractivity contribution is 8.07. The average molecular weight is 180 g/mol. The summed E-state index contributed by atoms with van der Waals surface area (Å²) in [6.45, 7) is 3.86. The highest BCUT2D eigenvalue weighted by atomic mass is 32.2. The Kier molecular flexibility index (Phi) is 2.91. The first-order valence-electron chi connectivity index (χ1n) is 3.28. The molecule has 1 aliphatic heterocycles. The van der Waals surface area contributed by atoms with Crippen LogP contribution in [-0.4, -0.2) is 31.6 Å². The van der Waals surface area contributed by atoms with Gasteiger partial charge < -0.3 is 10.2 Å². The van der Waals surface area contributed by atoms with Gasteiger partial charge in [-0.2, -0.15) is 0 Å². The number of aliphatic hydroxyl groups is 2. The standard InChI is InChI=1S/C6H12O2S2/c1-3-5(7)10-4(2)6(8)9-3/h3-8H,1-2H3. The van der Waals surface area contributed by atoms with Crippen LogP contribution in [0.5, 0.6) is 0 Å². The minimum absolute atomic E-state index is 0.149. The molecule has 0 bridgehead atoms. The van der Waals surface area contributed by atoms with Crippen LogP contribution in [0.15, 0.2) is 0 Å². The zero-order valence-corrected chi connectivity index (χ0v) is 7.65. The molecule has 0 aromatic rings. The van der Waals surface area contributed by atoms with Gasteiger partial charge in [0, 0.05) is 10.5 Å². The molecule has 1 aliphatic rings. The van der Waals surface area contributed by atoms with Crippen molar-refractivity contribution in [2.24, 2.45) is 0 Å². The lowest BCUT2D eigenvalue weighted by Crippen LogP contribution is -2.32. The first-order chi connectivity index (χ1) is 4.61. The molecule has 2 nitrogen and oxygen atoms in total. The van der Waals surface area contributed by atoms with E-state index in [0.29, 0.717) is 0 Å². The van der Waals surface area contributed by atoms with Gasteiger partial charge in [-0.05, 0) is 13.8 Å². The van der Waals surface area contributed by atoms with Gasteiger partial charge in [-0.15, -0.1) is 23.5 Å². The Morgan fingerprint density at radius 3 is 1.50 bits per heavy atom. The fourth-order valence-corrected chi connectivity index (χ4v) is 3.16. The van der Waals surface area contributed by atoms with E-state index in [1.165, 1.54) is 23.5 Å². The molecule has 1 fully saturated rings. The lowest BCUT2D eigenvalue weighted by atomic mass is 10.5. The minimum atomic E-state index is -0.316. The molecule has 60 valence electrons. The molecule has 0 aromatic carbocycles. The second-order valence-corrected chi connectivity index (χ2v) is 5.46. The van der Waals surface area contributed by atoms with Crippen LogP contribution in [-0.2, 0) is 0 Å². The average Bonchev–Trinajstić information content (AvgIpc) is 1.84. The van der Waals surface area contributed by atoms with Crippen LogP contribution in [0.2, 0.25) is 0 Å². The zero-order valence-electron chi connectivity index (χ0n) is 6.02. The molecular weight excluding hydrogens is 168 g/mol. The fourth-order valence-electron chi connectivity index (χ4n) is 0.796. The summed E-state index contributed by atoms with van der Waals surface area (Å²) in [5.74, 6) is 0. The molecule has 4 atom stereocenters. The Labute approximate surface area is 69.4 Å². The Morgan fingerprint density at radius 2 is 1.20 bits per heavy atom. The van der Waals surface area contributed by atoms with Crippen molar-refractivity contribution in [2.45, 2.75) is 35.2 Å². The van der Waals surface area contributed by atoms with Crippen molar-refractivity contribution in [2.75, 3.05) is 0 Å². The van der Waals surface area contributed by atoms with Crippen LogP contribution < -0.4 is 0 Å². The van der Waals surface area contributed by atoms with E-state index >= 15 is 0 Å². The molecule has 0 amide bonds. The quantitative estimate of drug-likeness (QED) is 0.580. The predicted octanol–water partition coefficient (Wildman–Crippen LogP) is 0.880. The molecule has 1 rings (SSSR count). The number of thioether (sulfide) groups is 2. The molecule has 2 N–H and O–H groups in total. The Hall–Kier alpha value is 0.620. The van der Waals surface area contributed by atoms with Crippen molar-refractivity contribution in [3.05, 3.63) is 0 Å². The van der Waals surface area contributed by atoms with Crippen molar-refractivity contribution >= 4 is 23.5 Å². The van der Waals surface area contributed by atoms with E-state index in [1.807, 2.05) is 13.8 Å². The summed E-state index contributed by atoms with van der Waals surface area (Å²) in [5, 5.41) is 18.9. The number of hydrogen-bond donors (Lipinski definition) is 2. The molecule has 0 spiro atoms. The summed E-state index contributed by atoms with van der Waals surface area (Å²) in [7, 11) is 0. The molecule has 0 aliphatic carbocycles. The van der Waals surface area contributed by atoms with E-state index in [2.05, 4.69) is 0 Å². The van der Waals surface area contributed by atoms with Crippen molar-refractivity contribution in [3.63, 3.8) is 0 Å². The van der Waals surface area contributed by atoms with Crippen LogP contribution in [0.25, 0.3) is 0 Å². The van der Waals surface area contributed by atoms with E-state index in [-0.39, 0.29) is 21.4 Å². The highest BCUT2D eigenvalue weighted by Crippen LogP contribution is 2.38. The Morgan fingerprint density at radius 1 is 0.900 bits per heavy atom. The summed E-state index contributed by atoms with van der Waals surface area (Å²) in [4.78, 5) is 0. The third kappa shape index (κ3) is 1.81. The number of rotatable bonds is 0. The monoisotopic (exact) mass is 180 g/mol. The van der Waals surface area contributed by atoms with Crippen molar-refractivity contribution in [3.8, 4) is 0 Å². The summed E-state index contributed by atoms with van der Waals surface area (Å²) in [6.07, 6.45) is 0. The smallest absolute Gasteiger partial charge is 0.111 e. The molecule has 1 saturated heterocycles. The van der Waals surface area contributed by atoms with E-state index < -0.39 is 0 Å². The maximum absolute atomic E-state index is 9.30. The maximum atomic E-state index is 9.30. The second-order valence-electron chi connectivity index (χ2n) is 2.46. The summed E-state index contributed by atoms with van der Waals surface area (Å²) in [5.41, 5.74) is -0.633. The lowest BCUT2D eigenvalue weighted by molar-refractivity contribution is 0.233. The van der Waals surface area contributed by atoms with Crippen LogP contribution >= 0.6 is 23.5 Å². The Balaban J connectivity index is 2.46.